The van der Waals surface area contributed by atoms with Gasteiger partial charge in [-0.25, -0.2) is 4.39 Å². The number of nitrogens with two attached hydrogens (primary N) is 1. The monoisotopic (exact) mass is 265 g/mol. The van der Waals surface area contributed by atoms with E-state index in [0.29, 0.717) is 18.2 Å². The molecule has 4 nitrogen and oxygen atoms in total. The maximum Gasteiger partial charge on any atom is 0.253 e. The summed E-state index contributed by atoms with van der Waals surface area (Å²) in [5.41, 5.74) is 6.13. The second-order valence-corrected chi connectivity index (χ2v) is 4.85. The van der Waals surface area contributed by atoms with Crippen LogP contribution in [0.2, 0.25) is 0 Å². The summed E-state index contributed by atoms with van der Waals surface area (Å²) >= 11 is 0. The molecule has 1 amide bonds. The lowest BCUT2D eigenvalue weighted by Gasteiger charge is -2.19. The number of nitrogen functional groups attached to an aromatic ring is 1. The number of anilines is 1. The second-order valence-electron chi connectivity index (χ2n) is 4.85. The fourth-order valence-electron chi connectivity index (χ4n) is 2.19. The van der Waals surface area contributed by atoms with Crippen molar-refractivity contribution in [2.24, 2.45) is 0 Å². The molecule has 0 spiro atoms. The van der Waals surface area contributed by atoms with Gasteiger partial charge in [-0.05, 0) is 37.6 Å². The van der Waals surface area contributed by atoms with Gasteiger partial charge in [0.2, 0.25) is 0 Å². The Morgan fingerprint density at radius 1 is 1.53 bits per heavy atom. The summed E-state index contributed by atoms with van der Waals surface area (Å²) in [7, 11) is 0. The molecule has 1 fully saturated rings. The van der Waals surface area contributed by atoms with E-state index in [9.17, 15) is 9.18 Å². The highest BCUT2D eigenvalue weighted by atomic mass is 19.1. The number of benzene rings is 1. The van der Waals surface area contributed by atoms with E-state index >= 15 is 0 Å². The minimum Gasteiger partial charge on any atom is -0.398 e. The molecule has 0 aliphatic heterocycles. The number of rotatable bonds is 6. The number of carbonyl (C=O) groups excluding carboxylic acids is 1. The van der Waals surface area contributed by atoms with Gasteiger partial charge >= 0.3 is 0 Å². The molecule has 0 aromatic heterocycles. The Kier molecular flexibility index (Phi) is 4.37. The highest BCUT2D eigenvalue weighted by Crippen LogP contribution is 2.25. The van der Waals surface area contributed by atoms with Gasteiger partial charge in [0, 0.05) is 24.8 Å². The van der Waals surface area contributed by atoms with Gasteiger partial charge in [0.05, 0.1) is 5.56 Å². The minimum atomic E-state index is -0.431. The number of halogens is 1. The molecular formula is C14H20FN3O. The van der Waals surface area contributed by atoms with Gasteiger partial charge in [0.15, 0.2) is 0 Å². The van der Waals surface area contributed by atoms with Crippen molar-refractivity contribution in [1.29, 1.82) is 0 Å². The molecular weight excluding hydrogens is 245 g/mol. The normalized spacial score (nSPS) is 14.7. The van der Waals surface area contributed by atoms with Crippen molar-refractivity contribution in [3.8, 4) is 0 Å². The van der Waals surface area contributed by atoms with Gasteiger partial charge in [-0.2, -0.15) is 0 Å². The molecule has 1 aliphatic rings. The largest absolute Gasteiger partial charge is 0.398 e. The van der Waals surface area contributed by atoms with Crippen molar-refractivity contribution in [1.82, 2.24) is 10.2 Å². The van der Waals surface area contributed by atoms with Crippen LogP contribution in [-0.4, -0.2) is 36.5 Å². The molecule has 2 rings (SSSR count). The van der Waals surface area contributed by atoms with Crippen LogP contribution in [0, 0.1) is 5.82 Å². The summed E-state index contributed by atoms with van der Waals surface area (Å²) in [6, 6.07) is 4.52. The van der Waals surface area contributed by atoms with Crippen LogP contribution < -0.4 is 11.1 Å². The number of nitrogens with zero attached hydrogens (tertiary/aromatic N) is 1. The van der Waals surface area contributed by atoms with Gasteiger partial charge in [0.1, 0.15) is 5.82 Å². The Balaban J connectivity index is 1.83. The van der Waals surface area contributed by atoms with Crippen LogP contribution in [0.3, 0.4) is 0 Å². The van der Waals surface area contributed by atoms with Crippen LogP contribution in [0.4, 0.5) is 10.1 Å². The third-order valence-electron chi connectivity index (χ3n) is 3.41. The molecule has 0 atom stereocenters. The van der Waals surface area contributed by atoms with Crippen molar-refractivity contribution >= 4 is 11.6 Å². The third-order valence-corrected chi connectivity index (χ3v) is 3.41. The molecule has 0 unspecified atom stereocenters. The molecule has 1 aromatic carbocycles. The first kappa shape index (κ1) is 13.8. The topological polar surface area (TPSA) is 58.4 Å². The molecule has 3 N–H and O–H groups in total. The van der Waals surface area contributed by atoms with E-state index in [2.05, 4.69) is 17.1 Å². The predicted octanol–water partition coefficient (Wildman–Crippen LogP) is 1.62. The fraction of sp³-hybridized carbons (Fsp3) is 0.500. The summed E-state index contributed by atoms with van der Waals surface area (Å²) < 4.78 is 12.9. The lowest BCUT2D eigenvalue weighted by molar-refractivity contribution is 0.0949. The maximum absolute atomic E-state index is 12.9. The molecule has 0 heterocycles. The lowest BCUT2D eigenvalue weighted by Crippen LogP contribution is -2.36. The quantitative estimate of drug-likeness (QED) is 0.768. The van der Waals surface area contributed by atoms with Crippen LogP contribution in [0.5, 0.6) is 0 Å². The Labute approximate surface area is 112 Å². The average molecular weight is 265 g/mol. The van der Waals surface area contributed by atoms with Crippen molar-refractivity contribution < 1.29 is 9.18 Å². The average Bonchev–Trinajstić information content (AvgIpc) is 3.18. The number of likely N-dealkylation sites (N-methyl/N-ethyl adjacent to an activating group) is 1. The van der Waals surface area contributed by atoms with Crippen LogP contribution in [0.25, 0.3) is 0 Å². The first-order chi connectivity index (χ1) is 9.11. The van der Waals surface area contributed by atoms with E-state index < -0.39 is 5.82 Å². The standard InChI is InChI=1S/C14H20FN3O/c1-2-18(11-4-5-11)8-7-17-14(19)12-6-3-10(15)9-13(12)16/h3,6,9,11H,2,4-5,7-8,16H2,1H3,(H,17,19). The Bertz CT molecular complexity index is 460. The first-order valence-electron chi connectivity index (χ1n) is 6.69. The third kappa shape index (κ3) is 3.67. The van der Waals surface area contributed by atoms with Crippen molar-refractivity contribution in [2.45, 2.75) is 25.8 Å². The molecule has 1 saturated carbocycles. The number of hydrogen-bond donors (Lipinski definition) is 2. The van der Waals surface area contributed by atoms with Crippen molar-refractivity contribution in [3.05, 3.63) is 29.6 Å². The Morgan fingerprint density at radius 3 is 2.84 bits per heavy atom. The smallest absolute Gasteiger partial charge is 0.253 e. The van der Waals surface area contributed by atoms with Crippen molar-refractivity contribution in [2.75, 3.05) is 25.4 Å². The zero-order valence-corrected chi connectivity index (χ0v) is 11.2. The van der Waals surface area contributed by atoms with Crippen molar-refractivity contribution in [3.63, 3.8) is 0 Å². The summed E-state index contributed by atoms with van der Waals surface area (Å²) in [6.07, 6.45) is 2.51. The molecule has 104 valence electrons. The number of carbonyl (C=O) groups is 1. The Hall–Kier alpha value is -1.62. The van der Waals surface area contributed by atoms with E-state index in [-0.39, 0.29) is 11.6 Å². The van der Waals surface area contributed by atoms with Crippen LogP contribution >= 0.6 is 0 Å². The predicted molar refractivity (Wildman–Crippen MR) is 73.4 cm³/mol. The molecule has 0 radical (unpaired) electrons. The number of nitrogens with one attached hydrogen (secondary N) is 1. The summed E-state index contributed by atoms with van der Waals surface area (Å²) in [5.74, 6) is -0.677. The van der Waals surface area contributed by atoms with E-state index in [4.69, 9.17) is 5.73 Å². The van der Waals surface area contributed by atoms with Crippen LogP contribution in [0.1, 0.15) is 30.1 Å². The Morgan fingerprint density at radius 2 is 2.26 bits per heavy atom. The number of amides is 1. The van der Waals surface area contributed by atoms with Crippen LogP contribution in [-0.2, 0) is 0 Å². The maximum atomic E-state index is 12.9. The van der Waals surface area contributed by atoms with Gasteiger partial charge < -0.3 is 11.1 Å². The summed E-state index contributed by atoms with van der Waals surface area (Å²) in [4.78, 5) is 14.3. The van der Waals surface area contributed by atoms with Crippen LogP contribution in [0.15, 0.2) is 18.2 Å². The minimum absolute atomic E-state index is 0.173. The zero-order chi connectivity index (χ0) is 13.8. The summed E-state index contributed by atoms with van der Waals surface area (Å²) in [5, 5.41) is 2.82. The first-order valence-corrected chi connectivity index (χ1v) is 6.69. The molecule has 1 aromatic rings. The summed E-state index contributed by atoms with van der Waals surface area (Å²) in [6.45, 7) is 4.55. The molecule has 1 aliphatic carbocycles. The molecule has 0 bridgehead atoms. The van der Waals surface area contributed by atoms with Gasteiger partial charge in [-0.3, -0.25) is 9.69 Å². The second kappa shape index (κ2) is 6.02. The molecule has 0 saturated heterocycles. The highest BCUT2D eigenvalue weighted by Gasteiger charge is 2.27. The number of hydrogen-bond acceptors (Lipinski definition) is 3. The van der Waals surface area contributed by atoms with E-state index in [1.165, 1.54) is 25.0 Å². The van der Waals surface area contributed by atoms with E-state index in [1.54, 1.807) is 0 Å². The molecule has 19 heavy (non-hydrogen) atoms. The van der Waals surface area contributed by atoms with Gasteiger partial charge in [0.25, 0.3) is 5.91 Å². The van der Waals surface area contributed by atoms with Gasteiger partial charge in [-0.15, -0.1) is 0 Å². The zero-order valence-electron chi connectivity index (χ0n) is 11.2. The highest BCUT2D eigenvalue weighted by molar-refractivity contribution is 5.99. The SMILES string of the molecule is CCN(CCNC(=O)c1ccc(F)cc1N)C1CC1. The van der Waals surface area contributed by atoms with E-state index in [0.717, 1.165) is 19.2 Å². The fourth-order valence-corrected chi connectivity index (χ4v) is 2.19. The van der Waals surface area contributed by atoms with E-state index in [1.807, 2.05) is 0 Å². The molecule has 5 heteroatoms. The van der Waals surface area contributed by atoms with Gasteiger partial charge in [-0.1, -0.05) is 6.92 Å². The lowest BCUT2D eigenvalue weighted by atomic mass is 10.1.